The van der Waals surface area contributed by atoms with Gasteiger partial charge in [-0.2, -0.15) is 0 Å². The molecule has 0 aliphatic carbocycles. The molecule has 214 valence electrons. The van der Waals surface area contributed by atoms with Gasteiger partial charge >= 0.3 is 0 Å². The summed E-state index contributed by atoms with van der Waals surface area (Å²) in [5.41, 5.74) is 2.27. The molecule has 1 atom stereocenters. The van der Waals surface area contributed by atoms with E-state index >= 15 is 0 Å². The lowest BCUT2D eigenvalue weighted by Gasteiger charge is -2.32. The highest BCUT2D eigenvalue weighted by atomic mass is 79.9. The summed E-state index contributed by atoms with van der Waals surface area (Å²) in [6.45, 7) is 2.83. The number of hydrogen-bond acceptors (Lipinski definition) is 4. The van der Waals surface area contributed by atoms with E-state index < -0.39 is 16.1 Å². The highest BCUT2D eigenvalue weighted by molar-refractivity contribution is 9.10. The second kappa shape index (κ2) is 15.2. The summed E-state index contributed by atoms with van der Waals surface area (Å²) in [6.07, 6.45) is 2.59. The lowest BCUT2D eigenvalue weighted by molar-refractivity contribution is -0.141. The largest absolute Gasteiger partial charge is 0.354 e. The molecular weight excluding hydrogens is 614 g/mol. The van der Waals surface area contributed by atoms with Crippen LogP contribution in [0.25, 0.3) is 0 Å². The van der Waals surface area contributed by atoms with Gasteiger partial charge in [0, 0.05) is 42.0 Å². The molecule has 0 radical (unpaired) electrons. The van der Waals surface area contributed by atoms with Crippen LogP contribution in [0.15, 0.2) is 83.3 Å². The van der Waals surface area contributed by atoms with E-state index in [2.05, 4.69) is 21.2 Å². The van der Waals surface area contributed by atoms with E-state index in [1.54, 1.807) is 29.2 Å². The summed E-state index contributed by atoms with van der Waals surface area (Å²) in [5.74, 6) is -0.442. The van der Waals surface area contributed by atoms with E-state index in [0.717, 1.165) is 28.3 Å². The van der Waals surface area contributed by atoms with Crippen LogP contribution in [0.3, 0.4) is 0 Å². The number of nitrogens with one attached hydrogen (secondary N) is 1. The van der Waals surface area contributed by atoms with E-state index in [9.17, 15) is 18.0 Å². The predicted molar refractivity (Wildman–Crippen MR) is 165 cm³/mol. The standard InChI is InChI=1S/C30H35BrClN3O4S/c1-3-18-33-30(37)28(20-23-9-5-4-6-10-23)34(22-24-14-16-25(31)17-15-24)29(36)13-8-19-35(40(2,38)39)27-12-7-11-26(32)21-27/h4-7,9-12,14-17,21,28H,3,8,13,18-20,22H2,1-2H3,(H,33,37). The first-order valence-corrected chi connectivity index (χ1v) is 16.2. The van der Waals surface area contributed by atoms with Gasteiger partial charge in [0.15, 0.2) is 0 Å². The van der Waals surface area contributed by atoms with Gasteiger partial charge in [-0.1, -0.05) is 83.0 Å². The van der Waals surface area contributed by atoms with Crippen molar-refractivity contribution in [2.24, 2.45) is 0 Å². The lowest BCUT2D eigenvalue weighted by Crippen LogP contribution is -2.50. The Bertz CT molecular complexity index is 1370. The van der Waals surface area contributed by atoms with Crippen LogP contribution < -0.4 is 9.62 Å². The third-order valence-corrected chi connectivity index (χ3v) is 8.29. The Balaban J connectivity index is 1.86. The fraction of sp³-hybridized carbons (Fsp3) is 0.333. The lowest BCUT2D eigenvalue weighted by atomic mass is 10.0. The number of hydrogen-bond donors (Lipinski definition) is 1. The SMILES string of the molecule is CCCNC(=O)C(Cc1ccccc1)N(Cc1ccc(Br)cc1)C(=O)CCCN(c1cccc(Cl)c1)S(C)(=O)=O. The van der Waals surface area contributed by atoms with E-state index in [1.807, 2.05) is 61.5 Å². The topological polar surface area (TPSA) is 86.8 Å². The number of rotatable bonds is 14. The fourth-order valence-corrected chi connectivity index (χ4v) is 5.75. The maximum atomic E-state index is 13.8. The average molecular weight is 649 g/mol. The van der Waals surface area contributed by atoms with Gasteiger partial charge in [0.1, 0.15) is 6.04 Å². The molecule has 0 saturated carbocycles. The molecule has 0 aliphatic heterocycles. The molecule has 0 aromatic heterocycles. The van der Waals surface area contributed by atoms with Gasteiger partial charge in [-0.25, -0.2) is 8.42 Å². The molecule has 2 amide bonds. The predicted octanol–water partition coefficient (Wildman–Crippen LogP) is 5.82. The summed E-state index contributed by atoms with van der Waals surface area (Å²) in [4.78, 5) is 28.8. The second-order valence-electron chi connectivity index (χ2n) is 9.56. The van der Waals surface area contributed by atoms with Crippen molar-refractivity contribution < 1.29 is 18.0 Å². The minimum absolute atomic E-state index is 0.0649. The van der Waals surface area contributed by atoms with E-state index in [0.29, 0.717) is 23.7 Å². The van der Waals surface area contributed by atoms with E-state index in [4.69, 9.17) is 11.6 Å². The van der Waals surface area contributed by atoms with Gasteiger partial charge in [-0.15, -0.1) is 0 Å². The van der Waals surface area contributed by atoms with Crippen molar-refractivity contribution in [3.05, 3.63) is 99.5 Å². The third kappa shape index (κ3) is 9.64. The average Bonchev–Trinajstić information content (AvgIpc) is 2.92. The van der Waals surface area contributed by atoms with Gasteiger partial charge in [-0.05, 0) is 54.3 Å². The normalized spacial score (nSPS) is 12.0. The number of nitrogens with zero attached hydrogens (tertiary/aromatic N) is 2. The van der Waals surface area contributed by atoms with Crippen molar-refractivity contribution in [1.29, 1.82) is 0 Å². The van der Waals surface area contributed by atoms with Gasteiger partial charge < -0.3 is 10.2 Å². The first-order chi connectivity index (χ1) is 19.1. The number of carbonyl (C=O) groups is 2. The van der Waals surface area contributed by atoms with Crippen LogP contribution >= 0.6 is 27.5 Å². The summed E-state index contributed by atoms with van der Waals surface area (Å²) in [6, 6.07) is 23.1. The molecule has 3 rings (SSSR count). The zero-order chi connectivity index (χ0) is 29.1. The smallest absolute Gasteiger partial charge is 0.243 e. The Morgan fingerprint density at radius 1 is 0.975 bits per heavy atom. The molecule has 0 bridgehead atoms. The quantitative estimate of drug-likeness (QED) is 0.239. The zero-order valence-corrected chi connectivity index (χ0v) is 25.9. The first kappa shape index (κ1) is 31.6. The first-order valence-electron chi connectivity index (χ1n) is 13.2. The molecular formula is C30H35BrClN3O4S. The summed E-state index contributed by atoms with van der Waals surface area (Å²) in [5, 5.41) is 3.38. The number of benzene rings is 3. The molecule has 1 unspecified atom stereocenters. The molecule has 7 nitrogen and oxygen atoms in total. The Labute approximate surface area is 250 Å². The van der Waals surface area contributed by atoms with Crippen molar-refractivity contribution in [2.45, 2.75) is 45.2 Å². The molecule has 1 N–H and O–H groups in total. The molecule has 3 aromatic carbocycles. The van der Waals surface area contributed by atoms with Crippen LogP contribution in [0.1, 0.15) is 37.3 Å². The molecule has 0 saturated heterocycles. The number of amides is 2. The van der Waals surface area contributed by atoms with E-state index in [1.165, 1.54) is 4.31 Å². The van der Waals surface area contributed by atoms with Gasteiger partial charge in [0.2, 0.25) is 21.8 Å². The van der Waals surface area contributed by atoms with Crippen molar-refractivity contribution in [3.8, 4) is 0 Å². The molecule has 0 heterocycles. The van der Waals surface area contributed by atoms with Crippen molar-refractivity contribution in [3.63, 3.8) is 0 Å². The summed E-state index contributed by atoms with van der Waals surface area (Å²) in [7, 11) is -3.61. The highest BCUT2D eigenvalue weighted by Gasteiger charge is 2.30. The van der Waals surface area contributed by atoms with Crippen LogP contribution in [0.5, 0.6) is 0 Å². The minimum atomic E-state index is -3.61. The Morgan fingerprint density at radius 3 is 2.30 bits per heavy atom. The monoisotopic (exact) mass is 647 g/mol. The van der Waals surface area contributed by atoms with Gasteiger partial charge in [0.05, 0.1) is 11.9 Å². The van der Waals surface area contributed by atoms with Crippen LogP contribution in [0.2, 0.25) is 5.02 Å². The molecule has 10 heteroatoms. The third-order valence-electron chi connectivity index (χ3n) is 6.33. The van der Waals surface area contributed by atoms with E-state index in [-0.39, 0.29) is 37.7 Å². The van der Waals surface area contributed by atoms with Crippen LogP contribution in [0, 0.1) is 0 Å². The number of sulfonamides is 1. The van der Waals surface area contributed by atoms with Gasteiger partial charge in [-0.3, -0.25) is 13.9 Å². The summed E-state index contributed by atoms with van der Waals surface area (Å²) >= 11 is 9.54. The zero-order valence-electron chi connectivity index (χ0n) is 22.7. The fourth-order valence-electron chi connectivity index (χ4n) is 4.34. The maximum absolute atomic E-state index is 13.8. The molecule has 0 fully saturated rings. The number of halogens is 2. The molecule has 0 spiro atoms. The van der Waals surface area contributed by atoms with Gasteiger partial charge in [0.25, 0.3) is 0 Å². The second-order valence-corrected chi connectivity index (χ2v) is 12.8. The Morgan fingerprint density at radius 2 is 1.68 bits per heavy atom. The van der Waals surface area contributed by atoms with Crippen LogP contribution in [-0.2, 0) is 32.6 Å². The molecule has 3 aromatic rings. The molecule has 40 heavy (non-hydrogen) atoms. The number of anilines is 1. The van der Waals surface area contributed by atoms with Crippen molar-refractivity contribution >= 4 is 55.1 Å². The van der Waals surface area contributed by atoms with Crippen LogP contribution in [0.4, 0.5) is 5.69 Å². The molecule has 0 aliphatic rings. The summed E-state index contributed by atoms with van der Waals surface area (Å²) < 4.78 is 27.3. The highest BCUT2D eigenvalue weighted by Crippen LogP contribution is 2.23. The number of carbonyl (C=O) groups excluding carboxylic acids is 2. The minimum Gasteiger partial charge on any atom is -0.354 e. The van der Waals surface area contributed by atoms with Crippen LogP contribution in [-0.4, -0.2) is 50.5 Å². The maximum Gasteiger partial charge on any atom is 0.243 e. The Hall–Kier alpha value is -2.88. The Kier molecular flexibility index (Phi) is 12.0. The van der Waals surface area contributed by atoms with Crippen molar-refractivity contribution in [1.82, 2.24) is 10.2 Å². The van der Waals surface area contributed by atoms with Crippen molar-refractivity contribution in [2.75, 3.05) is 23.7 Å².